The number of nitrogens with one attached hydrogen (secondary N) is 1. The van der Waals surface area contributed by atoms with E-state index in [1.807, 2.05) is 6.07 Å². The van der Waals surface area contributed by atoms with Gasteiger partial charge in [-0.05, 0) is 36.4 Å². The first-order chi connectivity index (χ1) is 14.5. The van der Waals surface area contributed by atoms with Crippen molar-refractivity contribution in [3.63, 3.8) is 0 Å². The maximum atomic E-state index is 13.0. The minimum Gasteiger partial charge on any atom is -0.379 e. The van der Waals surface area contributed by atoms with Gasteiger partial charge in [-0.2, -0.15) is 0 Å². The summed E-state index contributed by atoms with van der Waals surface area (Å²) >= 11 is 12.0. The molecule has 3 aromatic rings. The third-order valence-corrected chi connectivity index (χ3v) is 5.75. The van der Waals surface area contributed by atoms with Crippen LogP contribution in [-0.4, -0.2) is 48.2 Å². The first-order valence-corrected chi connectivity index (χ1v) is 10.5. The molecule has 1 aliphatic rings. The van der Waals surface area contributed by atoms with Crippen LogP contribution in [0, 0.1) is 0 Å². The Hall–Kier alpha value is -2.38. The summed E-state index contributed by atoms with van der Waals surface area (Å²) in [4.78, 5) is 27.9. The summed E-state index contributed by atoms with van der Waals surface area (Å²) < 4.78 is 7.07. The van der Waals surface area contributed by atoms with Crippen LogP contribution in [0.4, 0.5) is 5.69 Å². The lowest BCUT2D eigenvalue weighted by Gasteiger charge is -2.26. The third kappa shape index (κ3) is 4.52. The second-order valence-corrected chi connectivity index (χ2v) is 7.96. The van der Waals surface area contributed by atoms with E-state index >= 15 is 0 Å². The highest BCUT2D eigenvalue weighted by Crippen LogP contribution is 2.25. The maximum Gasteiger partial charge on any atom is 0.258 e. The van der Waals surface area contributed by atoms with Crippen LogP contribution in [0.15, 0.2) is 53.5 Å². The van der Waals surface area contributed by atoms with E-state index in [2.05, 4.69) is 10.2 Å². The Bertz CT molecular complexity index is 1140. The summed E-state index contributed by atoms with van der Waals surface area (Å²) in [7, 11) is 0. The number of carbonyl (C=O) groups is 1. The Morgan fingerprint density at radius 3 is 2.60 bits per heavy atom. The molecule has 2 aromatic carbocycles. The first-order valence-electron chi connectivity index (χ1n) is 9.71. The van der Waals surface area contributed by atoms with Crippen LogP contribution in [0.3, 0.4) is 0 Å². The van der Waals surface area contributed by atoms with Crippen molar-refractivity contribution in [1.29, 1.82) is 0 Å². The summed E-state index contributed by atoms with van der Waals surface area (Å²) in [6.45, 7) is 4.62. The van der Waals surface area contributed by atoms with Crippen LogP contribution >= 0.6 is 23.2 Å². The van der Waals surface area contributed by atoms with Gasteiger partial charge in [0.25, 0.3) is 11.5 Å². The van der Waals surface area contributed by atoms with Gasteiger partial charge in [0.05, 0.1) is 23.8 Å². The maximum absolute atomic E-state index is 13.0. The molecule has 6 nitrogen and oxygen atoms in total. The number of anilines is 1. The number of morpholine rings is 1. The lowest BCUT2D eigenvalue weighted by molar-refractivity contribution is 0.0363. The standard InChI is InChI=1S/C22H21Cl2N3O3/c23-15-4-5-18(19(24)14-15)21(28)25-20-3-1-2-17-16(20)6-7-27(22(17)29)9-8-26-10-12-30-13-11-26/h1-7,14H,8-13H2,(H,25,28). The predicted molar refractivity (Wildman–Crippen MR) is 120 cm³/mol. The van der Waals surface area contributed by atoms with Gasteiger partial charge in [-0.25, -0.2) is 0 Å². The quantitative estimate of drug-likeness (QED) is 0.646. The Morgan fingerprint density at radius 1 is 1.03 bits per heavy atom. The van der Waals surface area contributed by atoms with E-state index in [0.29, 0.717) is 33.6 Å². The molecule has 30 heavy (non-hydrogen) atoms. The molecular weight excluding hydrogens is 425 g/mol. The second-order valence-electron chi connectivity index (χ2n) is 7.11. The first kappa shape index (κ1) is 20.9. The number of ether oxygens (including phenoxy) is 1. The molecule has 0 saturated carbocycles. The van der Waals surface area contributed by atoms with Crippen molar-refractivity contribution in [3.8, 4) is 0 Å². The highest BCUT2D eigenvalue weighted by molar-refractivity contribution is 6.37. The largest absolute Gasteiger partial charge is 0.379 e. The summed E-state index contributed by atoms with van der Waals surface area (Å²) in [5.74, 6) is -0.360. The number of pyridine rings is 1. The molecule has 0 bridgehead atoms. The number of carbonyl (C=O) groups excluding carboxylic acids is 1. The van der Waals surface area contributed by atoms with Gasteiger partial charge >= 0.3 is 0 Å². The van der Waals surface area contributed by atoms with Gasteiger partial charge in [0.15, 0.2) is 0 Å². The third-order valence-electron chi connectivity index (χ3n) is 5.20. The lowest BCUT2D eigenvalue weighted by Crippen LogP contribution is -2.39. The number of rotatable bonds is 5. The van der Waals surface area contributed by atoms with Crippen LogP contribution < -0.4 is 10.9 Å². The molecule has 2 heterocycles. The number of amides is 1. The molecule has 0 spiro atoms. The van der Waals surface area contributed by atoms with Crippen molar-refractivity contribution in [2.45, 2.75) is 6.54 Å². The second kappa shape index (κ2) is 9.18. The summed E-state index contributed by atoms with van der Waals surface area (Å²) in [6, 6.07) is 11.9. The molecule has 1 aliphatic heterocycles. The molecule has 0 radical (unpaired) electrons. The molecule has 0 atom stereocenters. The van der Waals surface area contributed by atoms with Crippen molar-refractivity contribution in [1.82, 2.24) is 9.47 Å². The number of aromatic nitrogens is 1. The van der Waals surface area contributed by atoms with Gasteiger partial charge in [-0.3, -0.25) is 14.5 Å². The van der Waals surface area contributed by atoms with E-state index in [9.17, 15) is 9.59 Å². The van der Waals surface area contributed by atoms with Crippen LogP contribution in [0.5, 0.6) is 0 Å². The molecule has 1 saturated heterocycles. The zero-order valence-corrected chi connectivity index (χ0v) is 17.7. The topological polar surface area (TPSA) is 63.6 Å². The monoisotopic (exact) mass is 445 g/mol. The molecule has 156 valence electrons. The normalized spacial score (nSPS) is 14.7. The minimum absolute atomic E-state index is 0.0821. The van der Waals surface area contributed by atoms with Crippen LogP contribution in [0.25, 0.3) is 10.8 Å². The molecule has 0 aliphatic carbocycles. The molecule has 1 fully saturated rings. The minimum atomic E-state index is -0.360. The van der Waals surface area contributed by atoms with Gasteiger partial charge in [-0.1, -0.05) is 29.3 Å². The molecule has 0 unspecified atom stereocenters. The van der Waals surface area contributed by atoms with E-state index in [0.717, 1.165) is 32.8 Å². The number of hydrogen-bond donors (Lipinski definition) is 1. The van der Waals surface area contributed by atoms with Crippen molar-refractivity contribution >= 4 is 45.6 Å². The Balaban J connectivity index is 1.57. The average Bonchev–Trinajstić information content (AvgIpc) is 2.74. The highest BCUT2D eigenvalue weighted by Gasteiger charge is 2.14. The van der Waals surface area contributed by atoms with E-state index < -0.39 is 0 Å². The summed E-state index contributed by atoms with van der Waals surface area (Å²) in [6.07, 6.45) is 1.77. The number of halogens is 2. The van der Waals surface area contributed by atoms with Crippen molar-refractivity contribution < 1.29 is 9.53 Å². The van der Waals surface area contributed by atoms with Gasteiger partial charge in [0, 0.05) is 53.9 Å². The molecule has 4 rings (SSSR count). The summed E-state index contributed by atoms with van der Waals surface area (Å²) in [5.41, 5.74) is 0.791. The molecule has 1 N–H and O–H groups in total. The number of nitrogens with zero attached hydrogens (tertiary/aromatic N) is 2. The Kier molecular flexibility index (Phi) is 6.39. The van der Waals surface area contributed by atoms with E-state index in [-0.39, 0.29) is 16.5 Å². The van der Waals surface area contributed by atoms with Crippen LogP contribution in [0.1, 0.15) is 10.4 Å². The molecule has 8 heteroatoms. The number of fused-ring (bicyclic) bond motifs is 1. The fraction of sp³-hybridized carbons (Fsp3) is 0.273. The van der Waals surface area contributed by atoms with E-state index in [1.165, 1.54) is 6.07 Å². The zero-order valence-electron chi connectivity index (χ0n) is 16.2. The Morgan fingerprint density at radius 2 is 1.83 bits per heavy atom. The Labute approximate surface area is 184 Å². The van der Waals surface area contributed by atoms with Gasteiger partial charge in [-0.15, -0.1) is 0 Å². The molecular formula is C22H21Cl2N3O3. The summed E-state index contributed by atoms with van der Waals surface area (Å²) in [5, 5.41) is 4.82. The van der Waals surface area contributed by atoms with E-state index in [4.69, 9.17) is 27.9 Å². The van der Waals surface area contributed by atoms with Crippen molar-refractivity contribution in [3.05, 3.63) is 74.6 Å². The SMILES string of the molecule is O=C(Nc1cccc2c(=O)n(CCN3CCOCC3)ccc12)c1ccc(Cl)cc1Cl. The number of benzene rings is 2. The fourth-order valence-corrected chi connectivity index (χ4v) is 4.03. The number of hydrogen-bond acceptors (Lipinski definition) is 4. The molecule has 1 amide bonds. The van der Waals surface area contributed by atoms with Gasteiger partial charge in [0.1, 0.15) is 0 Å². The van der Waals surface area contributed by atoms with Gasteiger partial charge < -0.3 is 14.6 Å². The van der Waals surface area contributed by atoms with Gasteiger partial charge in [0.2, 0.25) is 0 Å². The zero-order chi connectivity index (χ0) is 21.1. The van der Waals surface area contributed by atoms with Crippen molar-refractivity contribution in [2.75, 3.05) is 38.2 Å². The highest BCUT2D eigenvalue weighted by atomic mass is 35.5. The molecule has 1 aromatic heterocycles. The lowest BCUT2D eigenvalue weighted by atomic mass is 10.1. The smallest absolute Gasteiger partial charge is 0.258 e. The van der Waals surface area contributed by atoms with Crippen LogP contribution in [-0.2, 0) is 11.3 Å². The predicted octanol–water partition coefficient (Wildman–Crippen LogP) is 3.89. The average molecular weight is 446 g/mol. The van der Waals surface area contributed by atoms with Crippen molar-refractivity contribution in [2.24, 2.45) is 0 Å². The van der Waals surface area contributed by atoms with Crippen LogP contribution in [0.2, 0.25) is 10.0 Å². The van der Waals surface area contributed by atoms with E-state index in [1.54, 1.807) is 41.1 Å². The fourth-order valence-electron chi connectivity index (χ4n) is 3.54.